The molecule has 3 heterocycles. The third-order valence-electron chi connectivity index (χ3n) is 6.43. The van der Waals surface area contributed by atoms with Crippen LogP contribution in [0.1, 0.15) is 24.1 Å². The van der Waals surface area contributed by atoms with E-state index in [-0.39, 0.29) is 18.9 Å². The van der Waals surface area contributed by atoms with Crippen molar-refractivity contribution in [2.75, 3.05) is 31.6 Å². The molecule has 1 fully saturated rings. The third kappa shape index (κ3) is 4.56. The Morgan fingerprint density at radius 1 is 1.26 bits per heavy atom. The first kappa shape index (κ1) is 24.3. The topological polar surface area (TPSA) is 79.8 Å². The highest BCUT2D eigenvalue weighted by Crippen LogP contribution is 2.47. The van der Waals surface area contributed by atoms with Crippen LogP contribution in [0, 0.1) is 11.7 Å². The molecule has 0 bridgehead atoms. The van der Waals surface area contributed by atoms with E-state index in [9.17, 15) is 31.9 Å². The third-order valence-corrected chi connectivity index (χ3v) is 7.07. The van der Waals surface area contributed by atoms with Gasteiger partial charge in [0.05, 0.1) is 22.5 Å². The number of amides is 1. The van der Waals surface area contributed by atoms with Crippen LogP contribution in [0.5, 0.6) is 0 Å². The van der Waals surface area contributed by atoms with E-state index in [0.29, 0.717) is 42.9 Å². The average molecular weight is 499 g/mol. The Hall–Kier alpha value is -2.86. The van der Waals surface area contributed by atoms with E-state index in [1.165, 1.54) is 33.9 Å². The molecule has 1 spiro atoms. The molecule has 7 nitrogen and oxygen atoms in total. The molecule has 2 aromatic rings. The number of benzene rings is 1. The number of anilines is 1. The summed E-state index contributed by atoms with van der Waals surface area (Å²) in [5.74, 6) is -5.48. The lowest BCUT2D eigenvalue weighted by atomic mass is 9.73. The van der Waals surface area contributed by atoms with Crippen LogP contribution in [0.2, 0.25) is 0 Å². The van der Waals surface area contributed by atoms with E-state index in [0.717, 1.165) is 0 Å². The van der Waals surface area contributed by atoms with E-state index in [1.807, 2.05) is 4.90 Å². The maximum absolute atomic E-state index is 14.0. The molecule has 4 rings (SSSR count). The summed E-state index contributed by atoms with van der Waals surface area (Å²) in [7, 11) is 1.64. The quantitative estimate of drug-likeness (QED) is 0.358. The van der Waals surface area contributed by atoms with E-state index < -0.39 is 35.3 Å². The minimum Gasteiger partial charge on any atom is -0.386 e. The Bertz CT molecular complexity index is 1100. The van der Waals surface area contributed by atoms with Crippen LogP contribution in [0.4, 0.5) is 23.2 Å². The lowest BCUT2D eigenvalue weighted by Crippen LogP contribution is -2.49. The van der Waals surface area contributed by atoms with Crippen LogP contribution in [-0.2, 0) is 31.0 Å². The van der Waals surface area contributed by atoms with Gasteiger partial charge in [0.25, 0.3) is 0 Å². The maximum Gasteiger partial charge on any atom is 0.491 e. The summed E-state index contributed by atoms with van der Waals surface area (Å²) < 4.78 is 55.8. The van der Waals surface area contributed by atoms with E-state index in [2.05, 4.69) is 9.72 Å². The monoisotopic (exact) mass is 499 g/mol. The first-order valence-electron chi connectivity index (χ1n) is 10.5. The molecule has 0 saturated carbocycles. The number of hydrogen-bond acceptors (Lipinski definition) is 7. The predicted molar refractivity (Wildman–Crippen MR) is 114 cm³/mol. The SMILES string of the molecule is CN1C(=O)C2(CCN(CC(Cc3cscn3)C(=O)OC(=O)C(F)(F)F)CC2)c2cc(F)ccc21. The van der Waals surface area contributed by atoms with Gasteiger partial charge in [-0.2, -0.15) is 13.2 Å². The van der Waals surface area contributed by atoms with Crippen molar-refractivity contribution in [3.63, 3.8) is 0 Å². The lowest BCUT2D eigenvalue weighted by molar-refractivity contribution is -0.203. The van der Waals surface area contributed by atoms with Gasteiger partial charge in [-0.05, 0) is 49.7 Å². The van der Waals surface area contributed by atoms with Gasteiger partial charge in [0.15, 0.2) is 0 Å². The van der Waals surface area contributed by atoms with Crippen molar-refractivity contribution < 1.29 is 36.7 Å². The van der Waals surface area contributed by atoms with Gasteiger partial charge in [-0.1, -0.05) is 0 Å². The molecule has 1 aromatic heterocycles. The van der Waals surface area contributed by atoms with Crippen LogP contribution in [0.3, 0.4) is 0 Å². The van der Waals surface area contributed by atoms with Crippen LogP contribution in [-0.4, -0.2) is 60.6 Å². The summed E-state index contributed by atoms with van der Waals surface area (Å²) in [6.45, 7) is 0.727. The molecule has 2 aliphatic rings. The van der Waals surface area contributed by atoms with E-state index in [1.54, 1.807) is 18.5 Å². The standard InChI is InChI=1S/C22H21F4N3O4S/c1-28-17-3-2-14(23)9-16(17)21(19(28)31)4-6-29(7-5-21)10-13(8-15-11-34-12-27-15)18(30)33-20(32)22(24,25)26/h2-3,9,11-13H,4-8,10H2,1H3. The van der Waals surface area contributed by atoms with Gasteiger partial charge in [0, 0.05) is 31.1 Å². The smallest absolute Gasteiger partial charge is 0.386 e. The minimum absolute atomic E-state index is 0.00479. The number of fused-ring (bicyclic) bond motifs is 2. The van der Waals surface area contributed by atoms with Crippen molar-refractivity contribution in [3.05, 3.63) is 46.2 Å². The average Bonchev–Trinajstić information content (AvgIpc) is 3.36. The van der Waals surface area contributed by atoms with E-state index >= 15 is 0 Å². The number of likely N-dealkylation sites (tertiary alicyclic amines) is 1. The highest BCUT2D eigenvalue weighted by molar-refractivity contribution is 7.07. The number of carbonyl (C=O) groups is 3. The molecule has 1 aromatic carbocycles. The molecule has 1 saturated heterocycles. The maximum atomic E-state index is 14.0. The number of thiazole rings is 1. The number of esters is 2. The van der Waals surface area contributed by atoms with Gasteiger partial charge in [-0.3, -0.25) is 9.59 Å². The summed E-state index contributed by atoms with van der Waals surface area (Å²) >= 11 is 1.27. The number of carbonyl (C=O) groups excluding carboxylic acids is 3. The molecule has 12 heteroatoms. The highest BCUT2D eigenvalue weighted by Gasteiger charge is 2.51. The van der Waals surface area contributed by atoms with E-state index in [4.69, 9.17) is 0 Å². The molecule has 182 valence electrons. The second-order valence-electron chi connectivity index (χ2n) is 8.50. The van der Waals surface area contributed by atoms with Gasteiger partial charge >= 0.3 is 18.1 Å². The zero-order chi connectivity index (χ0) is 24.7. The van der Waals surface area contributed by atoms with Crippen molar-refractivity contribution in [1.29, 1.82) is 0 Å². The second kappa shape index (κ2) is 9.06. The van der Waals surface area contributed by atoms with Gasteiger partial charge < -0.3 is 14.5 Å². The Kier molecular flexibility index (Phi) is 6.47. The van der Waals surface area contributed by atoms with Crippen molar-refractivity contribution in [3.8, 4) is 0 Å². The molecule has 1 amide bonds. The number of aromatic nitrogens is 1. The predicted octanol–water partition coefficient (Wildman–Crippen LogP) is 3.08. The lowest BCUT2D eigenvalue weighted by Gasteiger charge is -2.39. The van der Waals surface area contributed by atoms with Gasteiger partial charge in [-0.15, -0.1) is 11.3 Å². The number of halogens is 4. The van der Waals surface area contributed by atoms with Crippen molar-refractivity contribution in [1.82, 2.24) is 9.88 Å². The van der Waals surface area contributed by atoms with Crippen LogP contribution < -0.4 is 4.90 Å². The van der Waals surface area contributed by atoms with Gasteiger partial charge in [0.2, 0.25) is 5.91 Å². The Balaban J connectivity index is 1.48. The van der Waals surface area contributed by atoms with Gasteiger partial charge in [-0.25, -0.2) is 14.2 Å². The van der Waals surface area contributed by atoms with Crippen LogP contribution in [0.25, 0.3) is 0 Å². The normalized spacial score (nSPS) is 18.7. The summed E-state index contributed by atoms with van der Waals surface area (Å²) in [4.78, 5) is 44.1. The van der Waals surface area contributed by atoms with Crippen molar-refractivity contribution >= 4 is 34.9 Å². The number of rotatable bonds is 5. The van der Waals surface area contributed by atoms with Crippen LogP contribution >= 0.6 is 11.3 Å². The molecular formula is C22H21F4N3O4S. The first-order chi connectivity index (χ1) is 16.0. The number of ether oxygens (including phenoxy) is 1. The van der Waals surface area contributed by atoms with Crippen LogP contribution in [0.15, 0.2) is 29.1 Å². The molecule has 1 unspecified atom stereocenters. The molecule has 2 aliphatic heterocycles. The number of nitrogens with zero attached hydrogens (tertiary/aromatic N) is 3. The molecular weight excluding hydrogens is 478 g/mol. The fraction of sp³-hybridized carbons (Fsp3) is 0.455. The first-order valence-corrected chi connectivity index (χ1v) is 11.5. The fourth-order valence-corrected chi connectivity index (χ4v) is 5.26. The molecule has 0 N–H and O–H groups in total. The zero-order valence-corrected chi connectivity index (χ0v) is 18.9. The molecule has 1 atom stereocenters. The minimum atomic E-state index is -5.28. The summed E-state index contributed by atoms with van der Waals surface area (Å²) in [6, 6.07) is 4.24. The fourth-order valence-electron chi connectivity index (χ4n) is 4.69. The molecule has 0 aliphatic carbocycles. The molecule has 34 heavy (non-hydrogen) atoms. The number of alkyl halides is 3. The summed E-state index contributed by atoms with van der Waals surface area (Å²) in [5.41, 5.74) is 2.41. The Morgan fingerprint density at radius 3 is 2.59 bits per heavy atom. The highest BCUT2D eigenvalue weighted by atomic mass is 32.1. The summed E-state index contributed by atoms with van der Waals surface area (Å²) in [5, 5.41) is 1.66. The second-order valence-corrected chi connectivity index (χ2v) is 9.21. The number of hydrogen-bond donors (Lipinski definition) is 0. The number of likely N-dealkylation sites (N-methyl/N-ethyl adjacent to an activating group) is 1. The van der Waals surface area contributed by atoms with Crippen molar-refractivity contribution in [2.45, 2.75) is 30.9 Å². The number of piperidine rings is 1. The largest absolute Gasteiger partial charge is 0.491 e. The Morgan fingerprint density at radius 2 is 1.97 bits per heavy atom. The molecule has 0 radical (unpaired) electrons. The summed E-state index contributed by atoms with van der Waals surface area (Å²) in [6.07, 6.45) is -4.57. The van der Waals surface area contributed by atoms with Crippen molar-refractivity contribution in [2.24, 2.45) is 5.92 Å². The van der Waals surface area contributed by atoms with Gasteiger partial charge in [0.1, 0.15) is 5.82 Å². The Labute approximate surface area is 196 Å². The zero-order valence-electron chi connectivity index (χ0n) is 18.1.